The number of nitrogens with one attached hydrogen (secondary N) is 2. The zero-order valence-electron chi connectivity index (χ0n) is 9.64. The molecule has 0 aliphatic heterocycles. The van der Waals surface area contributed by atoms with E-state index in [4.69, 9.17) is 0 Å². The average Bonchev–Trinajstić information content (AvgIpc) is 2.85. The van der Waals surface area contributed by atoms with Crippen LogP contribution >= 0.6 is 0 Å². The summed E-state index contributed by atoms with van der Waals surface area (Å²) in [7, 11) is 0. The maximum atomic E-state index is 12.6. The molecule has 2 rings (SSSR count). The first kappa shape index (κ1) is 12.1. The number of urea groups is 1. The zero-order valence-corrected chi connectivity index (χ0v) is 9.64. The topological polar surface area (TPSA) is 59.0 Å². The van der Waals surface area contributed by atoms with Crippen LogP contribution in [0, 0.1) is 5.82 Å². The molecule has 5 nitrogen and oxygen atoms in total. The molecule has 94 valence electrons. The Morgan fingerprint density at radius 1 is 1.33 bits per heavy atom. The number of nitrogens with zero attached hydrogens (tertiary/aromatic N) is 2. The Balaban J connectivity index is 1.73. The van der Waals surface area contributed by atoms with Gasteiger partial charge in [0.05, 0.1) is 6.20 Å². The van der Waals surface area contributed by atoms with E-state index in [1.54, 1.807) is 0 Å². The van der Waals surface area contributed by atoms with Crippen molar-refractivity contribution in [2.45, 2.75) is 6.54 Å². The lowest BCUT2D eigenvalue weighted by atomic mass is 10.4. The highest BCUT2D eigenvalue weighted by Crippen LogP contribution is 2.02. The minimum absolute atomic E-state index is 0.315. The highest BCUT2D eigenvalue weighted by Gasteiger charge is 2.01. The van der Waals surface area contributed by atoms with Crippen LogP contribution in [0.1, 0.15) is 0 Å². The summed E-state index contributed by atoms with van der Waals surface area (Å²) in [5, 5.41) is 5.19. The van der Waals surface area contributed by atoms with Gasteiger partial charge >= 0.3 is 6.03 Å². The van der Waals surface area contributed by atoms with Crippen molar-refractivity contribution in [1.29, 1.82) is 0 Å². The van der Waals surface area contributed by atoms with E-state index in [2.05, 4.69) is 15.6 Å². The van der Waals surface area contributed by atoms with Gasteiger partial charge in [0.25, 0.3) is 0 Å². The number of hydrogen-bond donors (Lipinski definition) is 2. The van der Waals surface area contributed by atoms with Crippen molar-refractivity contribution >= 4 is 11.8 Å². The van der Waals surface area contributed by atoms with Gasteiger partial charge in [-0.25, -0.2) is 14.2 Å². The second kappa shape index (κ2) is 5.81. The summed E-state index contributed by atoms with van der Waals surface area (Å²) in [6.45, 7) is 1.19. The Bertz CT molecular complexity index is 495. The van der Waals surface area contributed by atoms with Gasteiger partial charge in [-0.3, -0.25) is 5.32 Å². The van der Waals surface area contributed by atoms with Gasteiger partial charge in [0.2, 0.25) is 0 Å². The maximum absolute atomic E-state index is 12.6. The molecular formula is C12H13FN4O. The molecule has 0 aliphatic rings. The number of carbonyl (C=O) groups is 1. The molecule has 2 amide bonds. The third-order valence-corrected chi connectivity index (χ3v) is 2.29. The first-order chi connectivity index (χ1) is 8.74. The number of amides is 2. The number of rotatable bonds is 4. The van der Waals surface area contributed by atoms with Crippen LogP contribution in [0.25, 0.3) is 0 Å². The van der Waals surface area contributed by atoms with Gasteiger partial charge in [-0.1, -0.05) is 0 Å². The smallest absolute Gasteiger partial charge is 0.320 e. The van der Waals surface area contributed by atoms with Gasteiger partial charge in [0, 0.05) is 25.5 Å². The molecule has 0 aliphatic carbocycles. The number of hydrogen-bond acceptors (Lipinski definition) is 2. The molecule has 2 N–H and O–H groups in total. The summed E-state index contributed by atoms with van der Waals surface area (Å²) in [4.78, 5) is 15.2. The molecule has 0 saturated carbocycles. The number of carbonyl (C=O) groups excluding carboxylic acids is 1. The van der Waals surface area contributed by atoms with E-state index in [0.29, 0.717) is 18.9 Å². The van der Waals surface area contributed by atoms with Gasteiger partial charge < -0.3 is 9.88 Å². The van der Waals surface area contributed by atoms with E-state index in [9.17, 15) is 9.18 Å². The van der Waals surface area contributed by atoms with Crippen LogP contribution in [-0.4, -0.2) is 22.1 Å². The zero-order chi connectivity index (χ0) is 12.8. The normalized spacial score (nSPS) is 10.1. The second-order valence-electron chi connectivity index (χ2n) is 3.66. The van der Waals surface area contributed by atoms with Crippen molar-refractivity contribution in [3.63, 3.8) is 0 Å². The fourth-order valence-electron chi connectivity index (χ4n) is 1.43. The molecule has 2 aromatic heterocycles. The van der Waals surface area contributed by atoms with Gasteiger partial charge in [-0.15, -0.1) is 0 Å². The SMILES string of the molecule is O=C(NCCn1cccc1)Nc1ccc(F)cn1. The summed E-state index contributed by atoms with van der Waals surface area (Å²) in [6, 6.07) is 6.12. The highest BCUT2D eigenvalue weighted by atomic mass is 19.1. The van der Waals surface area contributed by atoms with E-state index >= 15 is 0 Å². The van der Waals surface area contributed by atoms with Crippen molar-refractivity contribution in [2.75, 3.05) is 11.9 Å². The average molecular weight is 248 g/mol. The summed E-state index contributed by atoms with van der Waals surface area (Å²) in [5.41, 5.74) is 0. The number of pyridine rings is 1. The molecule has 0 saturated heterocycles. The van der Waals surface area contributed by atoms with Crippen LogP contribution in [0.4, 0.5) is 15.0 Å². The molecule has 6 heteroatoms. The second-order valence-corrected chi connectivity index (χ2v) is 3.66. The van der Waals surface area contributed by atoms with E-state index < -0.39 is 5.82 Å². The molecule has 2 heterocycles. The Hall–Kier alpha value is -2.37. The molecular weight excluding hydrogens is 235 g/mol. The molecule has 0 spiro atoms. The van der Waals surface area contributed by atoms with Crippen molar-refractivity contribution in [3.05, 3.63) is 48.7 Å². The molecule has 0 atom stereocenters. The van der Waals surface area contributed by atoms with Crippen molar-refractivity contribution < 1.29 is 9.18 Å². The van der Waals surface area contributed by atoms with Crippen LogP contribution in [0.3, 0.4) is 0 Å². The van der Waals surface area contributed by atoms with Crippen LogP contribution in [0.5, 0.6) is 0 Å². The molecule has 0 bridgehead atoms. The van der Waals surface area contributed by atoms with Crippen LogP contribution in [-0.2, 0) is 6.54 Å². The Morgan fingerprint density at radius 3 is 2.78 bits per heavy atom. The lowest BCUT2D eigenvalue weighted by Crippen LogP contribution is -2.31. The minimum atomic E-state index is -0.437. The molecule has 0 radical (unpaired) electrons. The van der Waals surface area contributed by atoms with Gasteiger partial charge in [-0.2, -0.15) is 0 Å². The number of anilines is 1. The molecule has 2 aromatic rings. The first-order valence-corrected chi connectivity index (χ1v) is 5.51. The lowest BCUT2D eigenvalue weighted by Gasteiger charge is -2.07. The standard InChI is InChI=1S/C12H13FN4O/c13-10-3-4-11(15-9-10)16-12(18)14-5-8-17-6-1-2-7-17/h1-4,6-7,9H,5,8H2,(H2,14,15,16,18). The Morgan fingerprint density at radius 2 is 2.11 bits per heavy atom. The van der Waals surface area contributed by atoms with E-state index in [1.165, 1.54) is 12.1 Å². The van der Waals surface area contributed by atoms with Crippen molar-refractivity contribution in [1.82, 2.24) is 14.9 Å². The third kappa shape index (κ3) is 3.58. The molecule has 0 aromatic carbocycles. The van der Waals surface area contributed by atoms with E-state index in [1.807, 2.05) is 29.1 Å². The summed E-state index contributed by atoms with van der Waals surface area (Å²) in [5.74, 6) is -0.122. The number of halogens is 1. The third-order valence-electron chi connectivity index (χ3n) is 2.29. The van der Waals surface area contributed by atoms with Crippen LogP contribution in [0.15, 0.2) is 42.9 Å². The molecule has 0 unspecified atom stereocenters. The monoisotopic (exact) mass is 248 g/mol. The Kier molecular flexibility index (Phi) is 3.90. The van der Waals surface area contributed by atoms with Crippen molar-refractivity contribution in [2.24, 2.45) is 0 Å². The van der Waals surface area contributed by atoms with E-state index in [-0.39, 0.29) is 6.03 Å². The summed E-state index contributed by atoms with van der Waals surface area (Å²) >= 11 is 0. The lowest BCUT2D eigenvalue weighted by molar-refractivity contribution is 0.251. The predicted molar refractivity (Wildman–Crippen MR) is 65.6 cm³/mol. The largest absolute Gasteiger partial charge is 0.353 e. The van der Waals surface area contributed by atoms with Crippen molar-refractivity contribution in [3.8, 4) is 0 Å². The fourth-order valence-corrected chi connectivity index (χ4v) is 1.43. The Labute approximate surface area is 104 Å². The van der Waals surface area contributed by atoms with Crippen LogP contribution in [0.2, 0.25) is 0 Å². The maximum Gasteiger partial charge on any atom is 0.320 e. The molecule has 18 heavy (non-hydrogen) atoms. The number of aromatic nitrogens is 2. The minimum Gasteiger partial charge on any atom is -0.353 e. The fraction of sp³-hybridized carbons (Fsp3) is 0.167. The molecule has 0 fully saturated rings. The first-order valence-electron chi connectivity index (χ1n) is 5.51. The van der Waals surface area contributed by atoms with Gasteiger partial charge in [-0.05, 0) is 24.3 Å². The quantitative estimate of drug-likeness (QED) is 0.867. The predicted octanol–water partition coefficient (Wildman–Crippen LogP) is 1.84. The summed E-state index contributed by atoms with van der Waals surface area (Å²) in [6.07, 6.45) is 4.89. The van der Waals surface area contributed by atoms with Crippen LogP contribution < -0.4 is 10.6 Å². The van der Waals surface area contributed by atoms with E-state index in [0.717, 1.165) is 6.20 Å². The summed E-state index contributed by atoms with van der Waals surface area (Å²) < 4.78 is 14.5. The van der Waals surface area contributed by atoms with Gasteiger partial charge in [0.15, 0.2) is 0 Å². The van der Waals surface area contributed by atoms with Gasteiger partial charge in [0.1, 0.15) is 11.6 Å². The highest BCUT2D eigenvalue weighted by molar-refractivity contribution is 5.88.